The van der Waals surface area contributed by atoms with Gasteiger partial charge in [0.15, 0.2) is 0 Å². The average molecular weight is 813 g/mol. The first kappa shape index (κ1) is 40.5. The van der Waals surface area contributed by atoms with Crippen LogP contribution in [0.5, 0.6) is 0 Å². The van der Waals surface area contributed by atoms with Gasteiger partial charge in [-0.1, -0.05) is 182 Å². The fraction of sp³-hybridized carbons (Fsp3) is 0.0702. The lowest BCUT2D eigenvalue weighted by molar-refractivity contribution is -0.117. The van der Waals surface area contributed by atoms with Crippen molar-refractivity contribution in [3.05, 3.63) is 265 Å². The minimum absolute atomic E-state index is 0.221. The van der Waals surface area contributed by atoms with Crippen molar-refractivity contribution in [3.8, 4) is 0 Å². The molecule has 0 amide bonds. The summed E-state index contributed by atoms with van der Waals surface area (Å²) in [6.45, 7) is 0. The molecule has 0 saturated carbocycles. The van der Waals surface area contributed by atoms with Crippen molar-refractivity contribution in [1.29, 1.82) is 0 Å². The number of hydrogen-bond donors (Lipinski definition) is 0. The Morgan fingerprint density at radius 3 is 0.717 bits per heavy atom. The molecule has 0 spiro atoms. The lowest BCUT2D eigenvalue weighted by atomic mass is 10.0. The van der Waals surface area contributed by atoms with Gasteiger partial charge >= 0.3 is 0 Å². The number of hydrogen-bond acceptors (Lipinski definition) is 1. The Bertz CT molecular complexity index is 2230. The van der Waals surface area contributed by atoms with E-state index in [0.717, 1.165) is 34.6 Å². The van der Waals surface area contributed by atoms with Gasteiger partial charge in [-0.05, 0) is 95.1 Å². The van der Waals surface area contributed by atoms with Gasteiger partial charge in [-0.25, -0.2) is 0 Å². The SMILES string of the molecule is O=C(CC(=Cc1ccccc1)C[P+](c1ccccc1)(c1ccccc1)c1ccccc1)C/C(=C\c1ccccc1)C[P+](c1ccccc1)(c1ccccc1)c1ccccc1. The summed E-state index contributed by atoms with van der Waals surface area (Å²) in [5.41, 5.74) is 4.50. The molecule has 0 aliphatic heterocycles. The molecule has 0 N–H and O–H groups in total. The number of rotatable bonds is 16. The molecule has 1 nitrogen and oxygen atoms in total. The van der Waals surface area contributed by atoms with E-state index in [4.69, 9.17) is 0 Å². The molecule has 0 fully saturated rings. The van der Waals surface area contributed by atoms with E-state index in [1.807, 2.05) is 0 Å². The number of ketones is 1. The molecule has 0 radical (unpaired) electrons. The van der Waals surface area contributed by atoms with E-state index in [1.165, 1.54) is 31.8 Å². The van der Waals surface area contributed by atoms with Crippen molar-refractivity contribution < 1.29 is 4.79 Å². The summed E-state index contributed by atoms with van der Waals surface area (Å²) in [5, 5.41) is 7.84. The Morgan fingerprint density at radius 1 is 0.300 bits per heavy atom. The van der Waals surface area contributed by atoms with E-state index in [9.17, 15) is 0 Å². The van der Waals surface area contributed by atoms with Crippen molar-refractivity contribution >= 4 is 64.3 Å². The van der Waals surface area contributed by atoms with E-state index in [1.54, 1.807) is 0 Å². The summed E-state index contributed by atoms with van der Waals surface area (Å²) in [4.78, 5) is 15.2. The molecule has 0 aliphatic carbocycles. The van der Waals surface area contributed by atoms with Crippen LogP contribution in [0.2, 0.25) is 0 Å². The van der Waals surface area contributed by atoms with Crippen LogP contribution in [0, 0.1) is 0 Å². The van der Waals surface area contributed by atoms with Crippen LogP contribution >= 0.6 is 14.5 Å². The highest BCUT2D eigenvalue weighted by Gasteiger charge is 2.47. The lowest BCUT2D eigenvalue weighted by Gasteiger charge is -2.29. The monoisotopic (exact) mass is 812 g/mol. The van der Waals surface area contributed by atoms with Gasteiger partial charge in [0.2, 0.25) is 0 Å². The van der Waals surface area contributed by atoms with Gasteiger partial charge in [0, 0.05) is 12.8 Å². The molecule has 60 heavy (non-hydrogen) atoms. The molecule has 0 aliphatic rings. The maximum Gasteiger partial charge on any atom is 0.141 e. The molecule has 0 aromatic heterocycles. The number of Topliss-reactive ketones (excluding diaryl/α,β-unsaturated/α-hetero) is 1. The fourth-order valence-electron chi connectivity index (χ4n) is 8.59. The summed E-state index contributed by atoms with van der Waals surface area (Å²) in [5.74, 6) is 0.221. The van der Waals surface area contributed by atoms with Gasteiger partial charge in [-0.2, -0.15) is 0 Å². The largest absolute Gasteiger partial charge is 0.299 e. The molecule has 0 saturated heterocycles. The highest BCUT2D eigenvalue weighted by Crippen LogP contribution is 2.58. The minimum atomic E-state index is -2.27. The summed E-state index contributed by atoms with van der Waals surface area (Å²) in [6, 6.07) is 87.0. The molecule has 0 heterocycles. The molecule has 0 unspecified atom stereocenters. The lowest BCUT2D eigenvalue weighted by Crippen LogP contribution is -2.34. The maximum absolute atomic E-state index is 15.2. The Labute approximate surface area is 357 Å². The zero-order valence-corrected chi connectivity index (χ0v) is 35.7. The van der Waals surface area contributed by atoms with Crippen LogP contribution in [0.1, 0.15) is 24.0 Å². The third kappa shape index (κ3) is 9.30. The third-order valence-corrected chi connectivity index (χ3v) is 20.1. The predicted octanol–water partition coefficient (Wildman–Crippen LogP) is 11.5. The van der Waals surface area contributed by atoms with Crippen molar-refractivity contribution in [2.24, 2.45) is 0 Å². The molecule has 0 bridgehead atoms. The highest BCUT2D eigenvalue weighted by molar-refractivity contribution is 7.96. The van der Waals surface area contributed by atoms with Gasteiger partial charge in [-0.15, -0.1) is 0 Å². The summed E-state index contributed by atoms with van der Waals surface area (Å²) < 4.78 is 0. The first-order valence-corrected chi connectivity index (χ1v) is 24.7. The second-order valence-corrected chi connectivity index (χ2v) is 22.2. The van der Waals surface area contributed by atoms with Crippen molar-refractivity contribution in [2.45, 2.75) is 12.8 Å². The summed E-state index contributed by atoms with van der Waals surface area (Å²) >= 11 is 0. The highest BCUT2D eigenvalue weighted by atomic mass is 31.2. The number of carbonyl (C=O) groups excluding carboxylic acids is 1. The third-order valence-electron chi connectivity index (χ3n) is 11.3. The molecule has 8 aromatic rings. The Hall–Kier alpha value is -6.23. The number of allylic oxidation sites excluding steroid dienone is 2. The quantitative estimate of drug-likeness (QED) is 0.0889. The van der Waals surface area contributed by atoms with Crippen LogP contribution in [0.25, 0.3) is 12.2 Å². The second kappa shape index (κ2) is 19.7. The zero-order chi connectivity index (χ0) is 40.9. The molecule has 292 valence electrons. The van der Waals surface area contributed by atoms with Crippen LogP contribution in [0.4, 0.5) is 0 Å². The molecular formula is C57H50OP2+2. The molecule has 8 rings (SSSR count). The van der Waals surface area contributed by atoms with Gasteiger partial charge < -0.3 is 0 Å². The molecule has 0 atom stereocenters. The average Bonchev–Trinajstić information content (AvgIpc) is 3.32. The zero-order valence-electron chi connectivity index (χ0n) is 33.9. The van der Waals surface area contributed by atoms with E-state index >= 15 is 4.79 Å². The van der Waals surface area contributed by atoms with Crippen molar-refractivity contribution in [3.63, 3.8) is 0 Å². The van der Waals surface area contributed by atoms with Crippen molar-refractivity contribution in [1.82, 2.24) is 0 Å². The standard InChI is InChI=1S/C57H50OP2/c58-51(43-49(41-47-25-9-1-10-26-47)45-59(52-29-13-3-14-30-52,53-31-15-4-16-32-53)54-33-17-5-18-34-54)44-50(42-48-27-11-2-12-28-48)46-60(55-35-19-6-20-36-55,56-37-21-7-22-38-56)57-39-23-8-24-40-57/h1-42H,43-46H2/q+2/b49-41+,50-42?. The van der Waals surface area contributed by atoms with E-state index in [-0.39, 0.29) is 5.78 Å². The molecular weight excluding hydrogens is 763 g/mol. The smallest absolute Gasteiger partial charge is 0.141 e. The summed E-state index contributed by atoms with van der Waals surface area (Å²) in [6.07, 6.45) is 6.77. The van der Waals surface area contributed by atoms with Gasteiger partial charge in [-0.3, -0.25) is 4.79 Å². The topological polar surface area (TPSA) is 17.1 Å². The molecule has 8 aromatic carbocycles. The van der Waals surface area contributed by atoms with E-state index in [0.29, 0.717) is 12.8 Å². The maximum atomic E-state index is 15.2. The van der Waals surface area contributed by atoms with Crippen LogP contribution in [-0.2, 0) is 4.79 Å². The van der Waals surface area contributed by atoms with Crippen LogP contribution < -0.4 is 31.8 Å². The Kier molecular flexibility index (Phi) is 13.3. The van der Waals surface area contributed by atoms with Gasteiger partial charge in [0.25, 0.3) is 0 Å². The normalized spacial score (nSPS) is 12.2. The van der Waals surface area contributed by atoms with Gasteiger partial charge in [0.05, 0.1) is 12.3 Å². The first-order chi connectivity index (χ1) is 29.6. The van der Waals surface area contributed by atoms with Crippen molar-refractivity contribution in [2.75, 3.05) is 12.3 Å². The minimum Gasteiger partial charge on any atom is -0.299 e. The van der Waals surface area contributed by atoms with E-state index < -0.39 is 14.5 Å². The fourth-order valence-corrected chi connectivity index (χ4v) is 17.2. The predicted molar refractivity (Wildman–Crippen MR) is 263 cm³/mol. The summed E-state index contributed by atoms with van der Waals surface area (Å²) in [7, 11) is -4.55. The van der Waals surface area contributed by atoms with Crippen LogP contribution in [0.15, 0.2) is 254 Å². The second-order valence-electron chi connectivity index (χ2n) is 15.3. The first-order valence-electron chi connectivity index (χ1n) is 20.7. The molecule has 3 heteroatoms. The van der Waals surface area contributed by atoms with Crippen LogP contribution in [-0.4, -0.2) is 18.1 Å². The van der Waals surface area contributed by atoms with E-state index in [2.05, 4.69) is 255 Å². The number of benzene rings is 8. The Balaban J connectivity index is 1.24. The number of carbonyl (C=O) groups is 1. The van der Waals surface area contributed by atoms with Crippen LogP contribution in [0.3, 0.4) is 0 Å². The van der Waals surface area contributed by atoms with Gasteiger partial charge in [0.1, 0.15) is 52.1 Å². The Morgan fingerprint density at radius 2 is 0.500 bits per heavy atom.